The zero-order chi connectivity index (χ0) is 25.5. The second-order valence-electron chi connectivity index (χ2n) is 9.29. The number of aliphatic hydroxyl groups is 3. The van der Waals surface area contributed by atoms with Gasteiger partial charge in [0.15, 0.2) is 11.5 Å². The second kappa shape index (κ2) is 9.75. The van der Waals surface area contributed by atoms with E-state index in [1.54, 1.807) is 11.3 Å². The molecular formula is C26H27N5O5S. The molecule has 1 saturated carbocycles. The number of aromatic nitrogens is 3. The number of aliphatic hydroxyl groups excluding tert-OH is 3. The summed E-state index contributed by atoms with van der Waals surface area (Å²) >= 11 is 1.54. The third kappa shape index (κ3) is 4.55. The number of para-hydroxylation sites is 1. The average molecular weight is 522 g/mol. The maximum atomic E-state index is 10.6. The van der Waals surface area contributed by atoms with Crippen LogP contribution >= 0.6 is 11.3 Å². The van der Waals surface area contributed by atoms with Gasteiger partial charge in [-0.25, -0.2) is 9.97 Å². The Morgan fingerprint density at radius 3 is 2.68 bits per heavy atom. The third-order valence-electron chi connectivity index (χ3n) is 6.84. The van der Waals surface area contributed by atoms with Crippen molar-refractivity contribution < 1.29 is 24.8 Å². The van der Waals surface area contributed by atoms with Gasteiger partial charge in [-0.3, -0.25) is 0 Å². The summed E-state index contributed by atoms with van der Waals surface area (Å²) in [5.41, 5.74) is 3.32. The van der Waals surface area contributed by atoms with E-state index in [-0.39, 0.29) is 13.4 Å². The quantitative estimate of drug-likeness (QED) is 0.246. The fraction of sp³-hybridized carbons (Fsp3) is 0.346. The number of benzene rings is 2. The zero-order valence-corrected chi connectivity index (χ0v) is 20.9. The number of thiazole rings is 1. The number of nitrogens with one attached hydrogen (secondary N) is 2. The second-order valence-corrected chi connectivity index (χ2v) is 10.3. The van der Waals surface area contributed by atoms with Crippen LogP contribution in [0.5, 0.6) is 11.5 Å². The smallest absolute Gasteiger partial charge is 0.231 e. The summed E-state index contributed by atoms with van der Waals surface area (Å²) in [6.45, 7) is 2.38. The molecule has 0 spiro atoms. The van der Waals surface area contributed by atoms with Crippen LogP contribution in [0, 0.1) is 12.8 Å². The third-order valence-corrected chi connectivity index (χ3v) is 7.90. The van der Waals surface area contributed by atoms with Crippen molar-refractivity contribution >= 4 is 33.3 Å². The average Bonchev–Trinajstić information content (AvgIpc) is 3.61. The highest BCUT2D eigenvalue weighted by molar-refractivity contribution is 7.21. The van der Waals surface area contributed by atoms with E-state index in [2.05, 4.69) is 10.6 Å². The van der Waals surface area contributed by atoms with Crippen LogP contribution in [0.25, 0.3) is 20.8 Å². The summed E-state index contributed by atoms with van der Waals surface area (Å²) in [6, 6.07) is 13.2. The van der Waals surface area contributed by atoms with E-state index in [1.807, 2.05) is 49.4 Å². The van der Waals surface area contributed by atoms with Gasteiger partial charge in [-0.05, 0) is 43.2 Å². The molecule has 11 heteroatoms. The van der Waals surface area contributed by atoms with Crippen molar-refractivity contribution in [1.29, 1.82) is 0 Å². The standard InChI is InChI=1S/C26H27N5O5S/c1-13-21(25-30-16-4-2-3-5-20(16)37-25)24(29-17-9-15(11-32)22(33)23(17)34)31-26(28-13)27-10-14-6-7-18-19(8-14)36-12-35-18/h2-8,15,17,22-23,32-34H,9-12H2,1H3,(H2,27,28,29,31)/t15-,17-,22-,23+/m1/s1. The molecule has 0 unspecified atom stereocenters. The molecule has 37 heavy (non-hydrogen) atoms. The van der Waals surface area contributed by atoms with Gasteiger partial charge in [0, 0.05) is 19.1 Å². The molecule has 2 aliphatic rings. The van der Waals surface area contributed by atoms with E-state index in [1.165, 1.54) is 0 Å². The minimum atomic E-state index is -1.04. The topological polar surface area (TPSA) is 142 Å². The summed E-state index contributed by atoms with van der Waals surface area (Å²) in [5, 5.41) is 38.0. The Bertz CT molecular complexity index is 1410. The Kier molecular flexibility index (Phi) is 6.29. The minimum Gasteiger partial charge on any atom is -0.454 e. The Morgan fingerprint density at radius 1 is 1.03 bits per heavy atom. The molecule has 6 rings (SSSR count). The monoisotopic (exact) mass is 521 g/mol. The van der Waals surface area contributed by atoms with E-state index >= 15 is 0 Å². The number of nitrogens with zero attached hydrogens (tertiary/aromatic N) is 3. The molecule has 1 aliphatic heterocycles. The number of aryl methyl sites for hydroxylation is 1. The van der Waals surface area contributed by atoms with Gasteiger partial charge in [-0.2, -0.15) is 4.98 Å². The van der Waals surface area contributed by atoms with Gasteiger partial charge in [0.2, 0.25) is 12.7 Å². The fourth-order valence-corrected chi connectivity index (χ4v) is 5.91. The molecule has 1 aliphatic carbocycles. The van der Waals surface area contributed by atoms with E-state index in [4.69, 9.17) is 24.4 Å². The number of ether oxygens (including phenoxy) is 2. The fourth-order valence-electron chi connectivity index (χ4n) is 4.85. The van der Waals surface area contributed by atoms with Crippen LogP contribution in [0.2, 0.25) is 0 Å². The number of fused-ring (bicyclic) bond motifs is 2. The maximum absolute atomic E-state index is 10.6. The van der Waals surface area contributed by atoms with E-state index in [0.717, 1.165) is 37.8 Å². The van der Waals surface area contributed by atoms with Crippen molar-refractivity contribution in [3.05, 3.63) is 53.7 Å². The summed E-state index contributed by atoms with van der Waals surface area (Å²) < 4.78 is 11.9. The maximum Gasteiger partial charge on any atom is 0.231 e. The lowest BCUT2D eigenvalue weighted by atomic mass is 10.1. The van der Waals surface area contributed by atoms with Gasteiger partial charge in [-0.1, -0.05) is 18.2 Å². The first-order valence-electron chi connectivity index (χ1n) is 12.1. The van der Waals surface area contributed by atoms with Crippen molar-refractivity contribution in [2.45, 2.75) is 38.1 Å². The van der Waals surface area contributed by atoms with Crippen LogP contribution in [-0.2, 0) is 6.54 Å². The lowest BCUT2D eigenvalue weighted by molar-refractivity contribution is 0.00446. The van der Waals surface area contributed by atoms with Crippen molar-refractivity contribution in [1.82, 2.24) is 15.0 Å². The molecule has 10 nitrogen and oxygen atoms in total. The Balaban J connectivity index is 1.33. The molecule has 4 atom stereocenters. The highest BCUT2D eigenvalue weighted by Crippen LogP contribution is 2.38. The van der Waals surface area contributed by atoms with Crippen LogP contribution in [0.15, 0.2) is 42.5 Å². The molecule has 0 saturated heterocycles. The molecule has 0 radical (unpaired) electrons. The molecule has 2 aromatic carbocycles. The molecule has 192 valence electrons. The lowest BCUT2D eigenvalue weighted by Gasteiger charge is -2.21. The highest BCUT2D eigenvalue weighted by atomic mass is 32.1. The Hall–Kier alpha value is -3.51. The van der Waals surface area contributed by atoms with Crippen LogP contribution in [0.1, 0.15) is 17.7 Å². The molecule has 1 fully saturated rings. The summed E-state index contributed by atoms with van der Waals surface area (Å²) in [4.78, 5) is 14.3. The van der Waals surface area contributed by atoms with Gasteiger partial charge in [0.1, 0.15) is 16.9 Å². The van der Waals surface area contributed by atoms with Crippen LogP contribution in [-0.4, -0.2) is 61.9 Å². The van der Waals surface area contributed by atoms with Crippen molar-refractivity contribution in [2.75, 3.05) is 24.0 Å². The van der Waals surface area contributed by atoms with Gasteiger partial charge < -0.3 is 35.4 Å². The predicted octanol–water partition coefficient (Wildman–Crippen LogP) is 2.92. The molecule has 5 N–H and O–H groups in total. The van der Waals surface area contributed by atoms with E-state index in [9.17, 15) is 15.3 Å². The van der Waals surface area contributed by atoms with Gasteiger partial charge in [0.05, 0.1) is 33.6 Å². The normalized spacial score (nSPS) is 22.5. The van der Waals surface area contributed by atoms with Gasteiger partial charge >= 0.3 is 0 Å². The first kappa shape index (κ1) is 23.9. The van der Waals surface area contributed by atoms with Gasteiger partial charge in [0.25, 0.3) is 0 Å². The first-order valence-corrected chi connectivity index (χ1v) is 12.9. The Morgan fingerprint density at radius 2 is 1.86 bits per heavy atom. The van der Waals surface area contributed by atoms with E-state index in [0.29, 0.717) is 30.5 Å². The van der Waals surface area contributed by atoms with Crippen LogP contribution in [0.4, 0.5) is 11.8 Å². The van der Waals surface area contributed by atoms with Crippen molar-refractivity contribution in [3.8, 4) is 22.1 Å². The number of anilines is 2. The molecule has 4 aromatic rings. The largest absolute Gasteiger partial charge is 0.454 e. The summed E-state index contributed by atoms with van der Waals surface area (Å²) in [6.07, 6.45) is -1.65. The van der Waals surface area contributed by atoms with Crippen molar-refractivity contribution in [2.24, 2.45) is 5.92 Å². The van der Waals surface area contributed by atoms with Crippen LogP contribution in [0.3, 0.4) is 0 Å². The Labute approximate surface area is 217 Å². The molecule has 3 heterocycles. The van der Waals surface area contributed by atoms with Crippen molar-refractivity contribution in [3.63, 3.8) is 0 Å². The predicted molar refractivity (Wildman–Crippen MR) is 140 cm³/mol. The van der Waals surface area contributed by atoms with Gasteiger partial charge in [-0.15, -0.1) is 11.3 Å². The van der Waals surface area contributed by atoms with E-state index < -0.39 is 24.2 Å². The molecule has 0 amide bonds. The highest BCUT2D eigenvalue weighted by Gasteiger charge is 2.41. The first-order chi connectivity index (χ1) is 18.0. The molecular weight excluding hydrogens is 494 g/mol. The zero-order valence-electron chi connectivity index (χ0n) is 20.1. The number of hydrogen-bond acceptors (Lipinski definition) is 11. The minimum absolute atomic E-state index is 0.202. The summed E-state index contributed by atoms with van der Waals surface area (Å²) in [5.74, 6) is 1.94. The molecule has 2 aromatic heterocycles. The lowest BCUT2D eigenvalue weighted by Crippen LogP contribution is -2.35. The van der Waals surface area contributed by atoms with Crippen LogP contribution < -0.4 is 20.1 Å². The number of hydrogen-bond donors (Lipinski definition) is 5. The summed E-state index contributed by atoms with van der Waals surface area (Å²) in [7, 11) is 0. The SMILES string of the molecule is Cc1nc(NCc2ccc3c(c2)OCO3)nc(N[C@@H]2C[C@H](CO)[C@@H](O)[C@H]2O)c1-c1nc2ccccc2s1. The number of rotatable bonds is 7. The molecule has 0 bridgehead atoms.